The number of hydrogen-bond donors (Lipinski definition) is 2. The molecule has 1 saturated carbocycles. The second kappa shape index (κ2) is 5.30. The van der Waals surface area contributed by atoms with E-state index in [1.807, 2.05) is 0 Å². The van der Waals surface area contributed by atoms with Gasteiger partial charge in [-0.1, -0.05) is 18.9 Å². The fourth-order valence-corrected chi connectivity index (χ4v) is 3.29. The van der Waals surface area contributed by atoms with Crippen LogP contribution in [0, 0.1) is 12.8 Å². The monoisotopic (exact) mass is 282 g/mol. The summed E-state index contributed by atoms with van der Waals surface area (Å²) in [4.78, 5) is 12.1. The van der Waals surface area contributed by atoms with E-state index in [9.17, 15) is 13.2 Å². The predicted molar refractivity (Wildman–Crippen MR) is 73.1 cm³/mol. The van der Waals surface area contributed by atoms with Crippen LogP contribution in [-0.4, -0.2) is 14.3 Å². The maximum absolute atomic E-state index is 12.0. The Morgan fingerprint density at radius 2 is 1.95 bits per heavy atom. The van der Waals surface area contributed by atoms with Crippen molar-refractivity contribution in [3.63, 3.8) is 0 Å². The van der Waals surface area contributed by atoms with Gasteiger partial charge in [-0.25, -0.2) is 13.6 Å². The smallest absolute Gasteiger partial charge is 0.238 e. The minimum absolute atomic E-state index is 0.0350. The van der Waals surface area contributed by atoms with Crippen LogP contribution < -0.4 is 10.5 Å². The van der Waals surface area contributed by atoms with Gasteiger partial charge in [0, 0.05) is 11.6 Å². The van der Waals surface area contributed by atoms with E-state index < -0.39 is 10.0 Å². The molecule has 1 aromatic carbocycles. The van der Waals surface area contributed by atoms with E-state index in [1.54, 1.807) is 19.1 Å². The van der Waals surface area contributed by atoms with Gasteiger partial charge in [0.1, 0.15) is 0 Å². The molecule has 6 heteroatoms. The van der Waals surface area contributed by atoms with Crippen LogP contribution >= 0.6 is 0 Å². The van der Waals surface area contributed by atoms with E-state index in [0.717, 1.165) is 25.7 Å². The van der Waals surface area contributed by atoms with Crippen molar-refractivity contribution < 1.29 is 13.2 Å². The van der Waals surface area contributed by atoms with E-state index >= 15 is 0 Å². The molecule has 3 N–H and O–H groups in total. The van der Waals surface area contributed by atoms with Crippen LogP contribution in [-0.2, 0) is 14.8 Å². The molecular weight excluding hydrogens is 264 g/mol. The van der Waals surface area contributed by atoms with Gasteiger partial charge >= 0.3 is 0 Å². The number of anilines is 1. The van der Waals surface area contributed by atoms with Crippen molar-refractivity contribution in [2.75, 3.05) is 5.32 Å². The Kier molecular flexibility index (Phi) is 3.91. The van der Waals surface area contributed by atoms with Crippen molar-refractivity contribution in [1.29, 1.82) is 0 Å². The topological polar surface area (TPSA) is 89.3 Å². The average molecular weight is 282 g/mol. The van der Waals surface area contributed by atoms with Gasteiger partial charge in [0.05, 0.1) is 4.90 Å². The summed E-state index contributed by atoms with van der Waals surface area (Å²) < 4.78 is 22.8. The summed E-state index contributed by atoms with van der Waals surface area (Å²) in [6, 6.07) is 4.71. The first-order chi connectivity index (χ1) is 8.89. The number of primary sulfonamides is 1. The molecule has 2 rings (SSSR count). The molecule has 0 aromatic heterocycles. The Hall–Kier alpha value is -1.40. The van der Waals surface area contributed by atoms with Crippen LogP contribution in [0.5, 0.6) is 0 Å². The van der Waals surface area contributed by atoms with Crippen LogP contribution in [0.2, 0.25) is 0 Å². The average Bonchev–Trinajstić information content (AvgIpc) is 2.83. The van der Waals surface area contributed by atoms with E-state index in [1.165, 1.54) is 6.07 Å². The molecule has 104 valence electrons. The van der Waals surface area contributed by atoms with Crippen molar-refractivity contribution >= 4 is 21.6 Å². The number of hydrogen-bond acceptors (Lipinski definition) is 3. The molecule has 1 aromatic rings. The minimum Gasteiger partial charge on any atom is -0.326 e. The fraction of sp³-hybridized carbons (Fsp3) is 0.462. The van der Waals surface area contributed by atoms with Gasteiger partial charge in [0.25, 0.3) is 0 Å². The zero-order valence-electron chi connectivity index (χ0n) is 10.8. The van der Waals surface area contributed by atoms with Crippen LogP contribution in [0.4, 0.5) is 5.69 Å². The molecule has 0 spiro atoms. The molecule has 19 heavy (non-hydrogen) atoms. The Morgan fingerprint density at radius 3 is 2.53 bits per heavy atom. The Labute approximate surface area is 113 Å². The van der Waals surface area contributed by atoms with Crippen LogP contribution in [0.1, 0.15) is 31.2 Å². The fourth-order valence-electron chi connectivity index (χ4n) is 2.48. The number of nitrogens with one attached hydrogen (secondary N) is 1. The van der Waals surface area contributed by atoms with E-state index in [0.29, 0.717) is 11.3 Å². The quantitative estimate of drug-likeness (QED) is 0.885. The summed E-state index contributed by atoms with van der Waals surface area (Å²) in [5.74, 6) is 0.00436. The number of benzene rings is 1. The van der Waals surface area contributed by atoms with Crippen molar-refractivity contribution in [3.8, 4) is 0 Å². The third-order valence-corrected chi connectivity index (χ3v) is 4.63. The van der Waals surface area contributed by atoms with E-state index in [4.69, 9.17) is 5.14 Å². The summed E-state index contributed by atoms with van der Waals surface area (Å²) in [5, 5.41) is 7.94. The Bertz CT molecular complexity index is 590. The van der Waals surface area contributed by atoms with Crippen LogP contribution in [0.15, 0.2) is 23.1 Å². The van der Waals surface area contributed by atoms with Crippen molar-refractivity contribution in [2.24, 2.45) is 11.1 Å². The summed E-state index contributed by atoms with van der Waals surface area (Å²) in [5.41, 5.74) is 1.000. The van der Waals surface area contributed by atoms with E-state index in [-0.39, 0.29) is 16.7 Å². The number of rotatable bonds is 3. The van der Waals surface area contributed by atoms with Crippen LogP contribution in [0.3, 0.4) is 0 Å². The molecule has 0 radical (unpaired) electrons. The third kappa shape index (κ3) is 3.13. The molecule has 1 aliphatic carbocycles. The van der Waals surface area contributed by atoms with Gasteiger partial charge < -0.3 is 5.32 Å². The summed E-state index contributed by atoms with van der Waals surface area (Å²) in [7, 11) is -3.76. The number of amides is 1. The summed E-state index contributed by atoms with van der Waals surface area (Å²) in [6.45, 7) is 1.64. The highest BCUT2D eigenvalue weighted by Crippen LogP contribution is 2.27. The molecule has 0 unspecified atom stereocenters. The van der Waals surface area contributed by atoms with Gasteiger partial charge in [0.15, 0.2) is 0 Å². The zero-order valence-corrected chi connectivity index (χ0v) is 11.7. The maximum Gasteiger partial charge on any atom is 0.238 e. The number of sulfonamides is 1. The predicted octanol–water partition coefficient (Wildman–Crippen LogP) is 1.77. The molecule has 0 saturated heterocycles. The molecule has 0 aliphatic heterocycles. The summed E-state index contributed by atoms with van der Waals surface area (Å²) >= 11 is 0. The lowest BCUT2D eigenvalue weighted by Crippen LogP contribution is -2.22. The molecule has 0 heterocycles. The van der Waals surface area contributed by atoms with Crippen molar-refractivity contribution in [3.05, 3.63) is 23.8 Å². The first-order valence-corrected chi connectivity index (χ1v) is 7.87. The highest BCUT2D eigenvalue weighted by molar-refractivity contribution is 7.89. The van der Waals surface area contributed by atoms with Gasteiger partial charge in [-0.2, -0.15) is 0 Å². The van der Waals surface area contributed by atoms with E-state index in [2.05, 4.69) is 5.32 Å². The first-order valence-electron chi connectivity index (χ1n) is 6.33. The highest BCUT2D eigenvalue weighted by atomic mass is 32.2. The minimum atomic E-state index is -3.76. The molecule has 1 fully saturated rings. The molecule has 0 bridgehead atoms. The van der Waals surface area contributed by atoms with Crippen molar-refractivity contribution in [1.82, 2.24) is 0 Å². The molecule has 1 amide bonds. The normalized spacial score (nSPS) is 16.5. The maximum atomic E-state index is 12.0. The largest absolute Gasteiger partial charge is 0.326 e. The second-order valence-electron chi connectivity index (χ2n) is 4.94. The molecular formula is C13H18N2O3S. The number of nitrogens with two attached hydrogens (primary N) is 1. The lowest BCUT2D eigenvalue weighted by atomic mass is 10.1. The second-order valence-corrected chi connectivity index (χ2v) is 6.47. The number of carbonyl (C=O) groups is 1. The van der Waals surface area contributed by atoms with Crippen LogP contribution in [0.25, 0.3) is 0 Å². The lowest BCUT2D eigenvalue weighted by Gasteiger charge is -2.14. The molecule has 0 atom stereocenters. The van der Waals surface area contributed by atoms with Gasteiger partial charge in [-0.15, -0.1) is 0 Å². The molecule has 5 nitrogen and oxygen atoms in total. The lowest BCUT2D eigenvalue weighted by molar-refractivity contribution is -0.119. The standard InChI is InChI=1S/C13H18N2O3S/c1-9-11(7-4-8-12(9)19(14,17)18)15-13(16)10-5-2-3-6-10/h4,7-8,10H,2-3,5-6H2,1H3,(H,15,16)(H2,14,17,18). The highest BCUT2D eigenvalue weighted by Gasteiger charge is 2.23. The number of carbonyl (C=O) groups excluding carboxylic acids is 1. The van der Waals surface area contributed by atoms with Gasteiger partial charge in [-0.05, 0) is 37.5 Å². The first kappa shape index (κ1) is 14.0. The third-order valence-electron chi connectivity index (χ3n) is 3.57. The SMILES string of the molecule is Cc1c(NC(=O)C2CCCC2)cccc1S(N)(=O)=O. The zero-order chi connectivity index (χ0) is 14.0. The van der Waals surface area contributed by atoms with Crippen molar-refractivity contribution in [2.45, 2.75) is 37.5 Å². The van der Waals surface area contributed by atoms with Gasteiger partial charge in [0.2, 0.25) is 15.9 Å². The molecule has 1 aliphatic rings. The van der Waals surface area contributed by atoms with Gasteiger partial charge in [-0.3, -0.25) is 4.79 Å². The summed E-state index contributed by atoms with van der Waals surface area (Å²) in [6.07, 6.45) is 3.96. The Morgan fingerprint density at radius 1 is 1.32 bits per heavy atom. The Balaban J connectivity index is 2.24.